The van der Waals surface area contributed by atoms with Gasteiger partial charge in [0.15, 0.2) is 0 Å². The van der Waals surface area contributed by atoms with Crippen molar-refractivity contribution in [1.82, 2.24) is 9.97 Å². The van der Waals surface area contributed by atoms with E-state index < -0.39 is 17.6 Å². The number of carbonyl (C=O) groups is 1. The summed E-state index contributed by atoms with van der Waals surface area (Å²) in [5, 5.41) is 2.46. The van der Waals surface area contributed by atoms with Gasteiger partial charge in [0.1, 0.15) is 5.69 Å². The zero-order chi connectivity index (χ0) is 18.7. The van der Waals surface area contributed by atoms with Crippen molar-refractivity contribution in [2.75, 3.05) is 36.5 Å². The summed E-state index contributed by atoms with van der Waals surface area (Å²) in [4.78, 5) is 22.9. The third-order valence-electron chi connectivity index (χ3n) is 3.82. The van der Waals surface area contributed by atoms with Gasteiger partial charge in [-0.3, -0.25) is 4.79 Å². The van der Waals surface area contributed by atoms with E-state index >= 15 is 0 Å². The zero-order valence-corrected chi connectivity index (χ0v) is 14.0. The van der Waals surface area contributed by atoms with Crippen LogP contribution < -0.4 is 10.2 Å². The van der Waals surface area contributed by atoms with Crippen molar-refractivity contribution < 1.29 is 22.7 Å². The molecule has 1 aromatic heterocycles. The molecule has 1 saturated heterocycles. The van der Waals surface area contributed by atoms with Gasteiger partial charge in [0.25, 0.3) is 5.91 Å². The lowest BCUT2D eigenvalue weighted by molar-refractivity contribution is -0.137. The average molecular weight is 366 g/mol. The standard InChI is InChI=1S/C17H17F3N4O2/c1-11-9-14(23-16(21-11)24-5-7-26-8-6-24)15(25)22-13-4-2-3-12(10-13)17(18,19)20/h2-4,9-10H,5-8H2,1H3,(H,22,25). The van der Waals surface area contributed by atoms with Crippen molar-refractivity contribution in [2.24, 2.45) is 0 Å². The van der Waals surface area contributed by atoms with Gasteiger partial charge in [-0.1, -0.05) is 6.07 Å². The highest BCUT2D eigenvalue weighted by Crippen LogP contribution is 2.30. The van der Waals surface area contributed by atoms with Crippen LogP contribution in [0.2, 0.25) is 0 Å². The minimum Gasteiger partial charge on any atom is -0.378 e. The summed E-state index contributed by atoms with van der Waals surface area (Å²) in [5.41, 5.74) is -0.0933. The van der Waals surface area contributed by atoms with Gasteiger partial charge in [0, 0.05) is 24.5 Å². The summed E-state index contributed by atoms with van der Waals surface area (Å²) in [6.45, 7) is 4.04. The minimum absolute atomic E-state index is 0.0500. The number of aromatic nitrogens is 2. The predicted octanol–water partition coefficient (Wildman–Crippen LogP) is 2.89. The predicted molar refractivity (Wildman–Crippen MR) is 89.2 cm³/mol. The molecule has 9 heteroatoms. The number of benzene rings is 1. The molecule has 0 unspecified atom stereocenters. The molecule has 1 fully saturated rings. The Hall–Kier alpha value is -2.68. The average Bonchev–Trinajstić information content (AvgIpc) is 2.61. The van der Waals surface area contributed by atoms with E-state index in [4.69, 9.17) is 4.74 Å². The van der Waals surface area contributed by atoms with E-state index in [-0.39, 0.29) is 11.4 Å². The highest BCUT2D eigenvalue weighted by molar-refractivity contribution is 6.03. The lowest BCUT2D eigenvalue weighted by Crippen LogP contribution is -2.37. The fraction of sp³-hybridized carbons (Fsp3) is 0.353. The summed E-state index contributed by atoms with van der Waals surface area (Å²) < 4.78 is 43.7. The molecule has 1 amide bonds. The molecule has 138 valence electrons. The van der Waals surface area contributed by atoms with Gasteiger partial charge in [0.05, 0.1) is 18.8 Å². The summed E-state index contributed by atoms with van der Waals surface area (Å²) in [6.07, 6.45) is -4.48. The van der Waals surface area contributed by atoms with Gasteiger partial charge in [-0.2, -0.15) is 13.2 Å². The fourth-order valence-corrected chi connectivity index (χ4v) is 2.54. The Morgan fingerprint density at radius 3 is 2.62 bits per heavy atom. The number of nitrogens with zero attached hydrogens (tertiary/aromatic N) is 3. The molecule has 0 saturated carbocycles. The first-order chi connectivity index (χ1) is 12.3. The van der Waals surface area contributed by atoms with Crippen molar-refractivity contribution >= 4 is 17.5 Å². The second-order valence-corrected chi connectivity index (χ2v) is 5.83. The number of hydrogen-bond acceptors (Lipinski definition) is 5. The van der Waals surface area contributed by atoms with Crippen LogP contribution in [0.25, 0.3) is 0 Å². The Kier molecular flexibility index (Phi) is 5.08. The monoisotopic (exact) mass is 366 g/mol. The number of nitrogens with one attached hydrogen (secondary N) is 1. The van der Waals surface area contributed by atoms with Gasteiger partial charge < -0.3 is 15.0 Å². The lowest BCUT2D eigenvalue weighted by Gasteiger charge is -2.27. The van der Waals surface area contributed by atoms with Crippen LogP contribution in [-0.4, -0.2) is 42.2 Å². The maximum absolute atomic E-state index is 12.8. The van der Waals surface area contributed by atoms with Gasteiger partial charge in [0.2, 0.25) is 5.95 Å². The first kappa shape index (κ1) is 18.1. The third-order valence-corrected chi connectivity index (χ3v) is 3.82. The van der Waals surface area contributed by atoms with Crippen molar-refractivity contribution in [3.05, 3.63) is 47.3 Å². The van der Waals surface area contributed by atoms with E-state index in [2.05, 4.69) is 15.3 Å². The molecule has 0 atom stereocenters. The van der Waals surface area contributed by atoms with Gasteiger partial charge in [-0.05, 0) is 31.2 Å². The van der Waals surface area contributed by atoms with E-state index in [0.29, 0.717) is 37.9 Å². The molecule has 0 bridgehead atoms. The van der Waals surface area contributed by atoms with Crippen LogP contribution in [0.3, 0.4) is 0 Å². The summed E-state index contributed by atoms with van der Waals surface area (Å²) in [5.74, 6) is -0.188. The molecular formula is C17H17F3N4O2. The number of hydrogen-bond donors (Lipinski definition) is 1. The van der Waals surface area contributed by atoms with Crippen LogP contribution in [0.5, 0.6) is 0 Å². The van der Waals surface area contributed by atoms with E-state index in [9.17, 15) is 18.0 Å². The number of alkyl halides is 3. The number of halogens is 3. The number of anilines is 2. The Morgan fingerprint density at radius 1 is 1.19 bits per heavy atom. The van der Waals surface area contributed by atoms with Gasteiger partial charge >= 0.3 is 6.18 Å². The topological polar surface area (TPSA) is 67.4 Å². The molecule has 1 aliphatic heterocycles. The number of carbonyl (C=O) groups excluding carboxylic acids is 1. The number of aryl methyl sites for hydroxylation is 1. The van der Waals surface area contributed by atoms with Crippen molar-refractivity contribution in [2.45, 2.75) is 13.1 Å². The lowest BCUT2D eigenvalue weighted by atomic mass is 10.2. The largest absolute Gasteiger partial charge is 0.416 e. The molecule has 3 rings (SSSR count). The maximum Gasteiger partial charge on any atom is 0.416 e. The van der Waals surface area contributed by atoms with Crippen molar-refractivity contribution in [1.29, 1.82) is 0 Å². The number of amides is 1. The zero-order valence-electron chi connectivity index (χ0n) is 14.0. The number of morpholine rings is 1. The second-order valence-electron chi connectivity index (χ2n) is 5.83. The molecular weight excluding hydrogens is 349 g/mol. The number of rotatable bonds is 3. The third kappa shape index (κ3) is 4.29. The number of ether oxygens (including phenoxy) is 1. The van der Waals surface area contributed by atoms with E-state index in [1.54, 1.807) is 6.92 Å². The quantitative estimate of drug-likeness (QED) is 0.905. The first-order valence-corrected chi connectivity index (χ1v) is 8.00. The SMILES string of the molecule is Cc1cc(C(=O)Nc2cccc(C(F)(F)F)c2)nc(N2CCOCC2)n1. The Morgan fingerprint density at radius 2 is 1.92 bits per heavy atom. The van der Waals surface area contributed by atoms with E-state index in [1.165, 1.54) is 18.2 Å². The molecule has 2 heterocycles. The van der Waals surface area contributed by atoms with E-state index in [0.717, 1.165) is 12.1 Å². The molecule has 1 aliphatic rings. The Labute approximate surface area is 148 Å². The minimum atomic E-state index is -4.48. The van der Waals surface area contributed by atoms with E-state index in [1.807, 2.05) is 4.90 Å². The highest BCUT2D eigenvalue weighted by Gasteiger charge is 2.30. The Bertz CT molecular complexity index is 805. The molecule has 0 radical (unpaired) electrons. The van der Waals surface area contributed by atoms with Crippen LogP contribution in [0, 0.1) is 6.92 Å². The molecule has 0 aliphatic carbocycles. The molecule has 26 heavy (non-hydrogen) atoms. The summed E-state index contributed by atoms with van der Waals surface area (Å²) in [7, 11) is 0. The van der Waals surface area contributed by atoms with Crippen LogP contribution >= 0.6 is 0 Å². The van der Waals surface area contributed by atoms with Crippen LogP contribution in [0.4, 0.5) is 24.8 Å². The molecule has 1 aromatic carbocycles. The smallest absolute Gasteiger partial charge is 0.378 e. The van der Waals surface area contributed by atoms with Crippen LogP contribution in [0.15, 0.2) is 30.3 Å². The molecule has 2 aromatic rings. The van der Waals surface area contributed by atoms with Crippen molar-refractivity contribution in [3.8, 4) is 0 Å². The molecule has 1 N–H and O–H groups in total. The molecule has 0 spiro atoms. The van der Waals surface area contributed by atoms with Crippen LogP contribution in [0.1, 0.15) is 21.7 Å². The maximum atomic E-state index is 12.8. The highest BCUT2D eigenvalue weighted by atomic mass is 19.4. The fourth-order valence-electron chi connectivity index (χ4n) is 2.54. The normalized spacial score (nSPS) is 15.0. The first-order valence-electron chi connectivity index (χ1n) is 8.00. The van der Waals surface area contributed by atoms with Gasteiger partial charge in [-0.25, -0.2) is 9.97 Å². The summed E-state index contributed by atoms with van der Waals surface area (Å²) in [6, 6.07) is 5.95. The van der Waals surface area contributed by atoms with Crippen molar-refractivity contribution in [3.63, 3.8) is 0 Å². The second kappa shape index (κ2) is 7.28. The van der Waals surface area contributed by atoms with Gasteiger partial charge in [-0.15, -0.1) is 0 Å². The molecule has 6 nitrogen and oxygen atoms in total. The Balaban J connectivity index is 1.80. The van der Waals surface area contributed by atoms with Crippen LogP contribution in [-0.2, 0) is 10.9 Å². The summed E-state index contributed by atoms with van der Waals surface area (Å²) >= 11 is 0.